The van der Waals surface area contributed by atoms with Crippen molar-refractivity contribution in [2.24, 2.45) is 11.8 Å². The Bertz CT molecular complexity index is 669. The number of halogens is 2. The molecule has 1 aromatic rings. The number of rotatable bonds is 4. The van der Waals surface area contributed by atoms with Crippen molar-refractivity contribution >= 4 is 45.3 Å². The van der Waals surface area contributed by atoms with Crippen LogP contribution in [0.3, 0.4) is 0 Å². The summed E-state index contributed by atoms with van der Waals surface area (Å²) in [7, 11) is 0. The lowest BCUT2D eigenvalue weighted by Crippen LogP contribution is -2.33. The fourth-order valence-electron chi connectivity index (χ4n) is 3.39. The van der Waals surface area contributed by atoms with Crippen LogP contribution in [0.5, 0.6) is 5.75 Å². The Morgan fingerprint density at radius 1 is 1.21 bits per heavy atom. The fraction of sp³-hybridized carbons (Fsp3) is 0.471. The molecule has 3 rings (SSSR count). The molecule has 1 aliphatic carbocycles. The Balaban J connectivity index is 1.58. The molecular weight excluding hydrogens is 398 g/mol. The van der Waals surface area contributed by atoms with E-state index in [0.717, 1.165) is 30.2 Å². The van der Waals surface area contributed by atoms with Crippen LogP contribution >= 0.6 is 27.5 Å². The fourth-order valence-corrected chi connectivity index (χ4v) is 4.10. The highest BCUT2D eigenvalue weighted by Gasteiger charge is 2.47. The molecule has 2 amide bonds. The molecule has 1 saturated heterocycles. The third-order valence-corrected chi connectivity index (χ3v) is 5.38. The molecule has 0 N–H and O–H groups in total. The van der Waals surface area contributed by atoms with E-state index in [2.05, 4.69) is 15.9 Å². The second kappa shape index (κ2) is 7.23. The van der Waals surface area contributed by atoms with Crippen molar-refractivity contribution < 1.29 is 19.1 Å². The Morgan fingerprint density at radius 2 is 1.83 bits per heavy atom. The van der Waals surface area contributed by atoms with Crippen LogP contribution < -0.4 is 4.74 Å². The minimum Gasteiger partial charge on any atom is -0.425 e. The summed E-state index contributed by atoms with van der Waals surface area (Å²) in [5, 5.41) is 0.317. The van der Waals surface area contributed by atoms with Crippen molar-refractivity contribution in [1.29, 1.82) is 0 Å². The molecule has 0 bridgehead atoms. The molecule has 0 aromatic heterocycles. The molecule has 0 unspecified atom stereocenters. The minimum atomic E-state index is -0.519. The lowest BCUT2D eigenvalue weighted by Gasteiger charge is -2.19. The van der Waals surface area contributed by atoms with Gasteiger partial charge in [-0.3, -0.25) is 19.3 Å². The van der Waals surface area contributed by atoms with Crippen molar-refractivity contribution in [2.45, 2.75) is 32.1 Å². The molecule has 2 fully saturated rings. The average molecular weight is 415 g/mol. The van der Waals surface area contributed by atoms with Gasteiger partial charge >= 0.3 is 5.97 Å². The molecule has 128 valence electrons. The number of amides is 2. The lowest BCUT2D eigenvalue weighted by atomic mass is 9.81. The zero-order valence-electron chi connectivity index (χ0n) is 13.0. The van der Waals surface area contributed by atoms with Crippen LogP contribution in [0, 0.1) is 11.8 Å². The first-order valence-corrected chi connectivity index (χ1v) is 9.15. The highest BCUT2D eigenvalue weighted by Crippen LogP contribution is 2.38. The number of ether oxygens (including phenoxy) is 1. The van der Waals surface area contributed by atoms with Crippen LogP contribution in [0.4, 0.5) is 0 Å². The number of hydrogen-bond donors (Lipinski definition) is 0. The van der Waals surface area contributed by atoms with Crippen LogP contribution in [0.2, 0.25) is 5.02 Å². The molecule has 1 saturated carbocycles. The largest absolute Gasteiger partial charge is 0.425 e. The molecule has 1 aliphatic heterocycles. The van der Waals surface area contributed by atoms with E-state index in [1.54, 1.807) is 18.2 Å². The molecule has 1 heterocycles. The molecular formula is C17H17BrClNO4. The van der Waals surface area contributed by atoms with Crippen LogP contribution in [0.15, 0.2) is 22.7 Å². The number of benzene rings is 1. The summed E-state index contributed by atoms with van der Waals surface area (Å²) in [5.41, 5.74) is 0. The number of esters is 1. The third kappa shape index (κ3) is 3.49. The molecule has 0 radical (unpaired) electrons. The van der Waals surface area contributed by atoms with Gasteiger partial charge in [0, 0.05) is 11.0 Å². The van der Waals surface area contributed by atoms with E-state index in [9.17, 15) is 14.4 Å². The molecule has 7 heteroatoms. The van der Waals surface area contributed by atoms with Crippen molar-refractivity contribution in [1.82, 2.24) is 4.90 Å². The van der Waals surface area contributed by atoms with E-state index >= 15 is 0 Å². The van der Waals surface area contributed by atoms with Gasteiger partial charge in [0.1, 0.15) is 5.75 Å². The maximum atomic E-state index is 12.3. The molecule has 24 heavy (non-hydrogen) atoms. The highest BCUT2D eigenvalue weighted by molar-refractivity contribution is 9.10. The SMILES string of the molecule is O=C(CCN1C(=O)[C@@H]2CCCC[C@H]2C1=O)Oc1ccc(Br)cc1Cl. The lowest BCUT2D eigenvalue weighted by molar-refractivity contribution is -0.141. The van der Waals surface area contributed by atoms with Gasteiger partial charge in [0.25, 0.3) is 0 Å². The Hall–Kier alpha value is -1.40. The molecule has 2 atom stereocenters. The van der Waals surface area contributed by atoms with Crippen LogP contribution in [0.25, 0.3) is 0 Å². The van der Waals surface area contributed by atoms with Gasteiger partial charge in [-0.25, -0.2) is 0 Å². The van der Waals surface area contributed by atoms with Crippen molar-refractivity contribution in [2.75, 3.05) is 6.54 Å². The molecule has 2 aliphatic rings. The van der Waals surface area contributed by atoms with Crippen LogP contribution in [-0.4, -0.2) is 29.2 Å². The number of imide groups is 1. The summed E-state index contributed by atoms with van der Waals surface area (Å²) in [6.45, 7) is 0.0671. The predicted molar refractivity (Wildman–Crippen MR) is 91.6 cm³/mol. The number of carbonyl (C=O) groups excluding carboxylic acids is 3. The van der Waals surface area contributed by atoms with E-state index in [4.69, 9.17) is 16.3 Å². The van der Waals surface area contributed by atoms with Crippen molar-refractivity contribution in [3.05, 3.63) is 27.7 Å². The maximum absolute atomic E-state index is 12.3. The van der Waals surface area contributed by atoms with Gasteiger partial charge in [0.2, 0.25) is 11.8 Å². The van der Waals surface area contributed by atoms with Crippen LogP contribution in [-0.2, 0) is 14.4 Å². The number of likely N-dealkylation sites (tertiary alicyclic amines) is 1. The normalized spacial score (nSPS) is 23.3. The van der Waals surface area contributed by atoms with Gasteiger partial charge in [-0.1, -0.05) is 40.4 Å². The molecule has 5 nitrogen and oxygen atoms in total. The molecule has 1 aromatic carbocycles. The topological polar surface area (TPSA) is 63.7 Å². The van der Waals surface area contributed by atoms with E-state index in [1.807, 2.05) is 0 Å². The summed E-state index contributed by atoms with van der Waals surface area (Å²) in [5.74, 6) is -0.919. The first-order valence-electron chi connectivity index (χ1n) is 7.98. The second-order valence-electron chi connectivity index (χ2n) is 6.12. The van der Waals surface area contributed by atoms with Gasteiger partial charge in [-0.15, -0.1) is 0 Å². The van der Waals surface area contributed by atoms with Gasteiger partial charge in [0.05, 0.1) is 23.3 Å². The maximum Gasteiger partial charge on any atom is 0.313 e. The Morgan fingerprint density at radius 3 is 2.42 bits per heavy atom. The van der Waals surface area contributed by atoms with E-state index in [1.165, 1.54) is 4.90 Å². The minimum absolute atomic E-state index is 0.0384. The smallest absolute Gasteiger partial charge is 0.313 e. The number of hydrogen-bond acceptors (Lipinski definition) is 4. The van der Waals surface area contributed by atoms with E-state index in [0.29, 0.717) is 5.02 Å². The Labute approximate surface area is 153 Å². The summed E-state index contributed by atoms with van der Waals surface area (Å²) in [6, 6.07) is 4.93. The first-order chi connectivity index (χ1) is 11.5. The third-order valence-electron chi connectivity index (χ3n) is 4.59. The number of fused-ring (bicyclic) bond motifs is 1. The average Bonchev–Trinajstić information content (AvgIpc) is 2.80. The highest BCUT2D eigenvalue weighted by atomic mass is 79.9. The van der Waals surface area contributed by atoms with Gasteiger partial charge in [-0.05, 0) is 31.0 Å². The summed E-state index contributed by atoms with van der Waals surface area (Å²) in [4.78, 5) is 37.9. The zero-order chi connectivity index (χ0) is 17.3. The predicted octanol–water partition coefficient (Wildman–Crippen LogP) is 3.57. The number of carbonyl (C=O) groups is 3. The van der Waals surface area contributed by atoms with Gasteiger partial charge in [0.15, 0.2) is 0 Å². The summed E-state index contributed by atoms with van der Waals surface area (Å²) < 4.78 is 5.99. The van der Waals surface area contributed by atoms with Crippen molar-refractivity contribution in [3.8, 4) is 5.75 Å². The molecule has 0 spiro atoms. The van der Waals surface area contributed by atoms with E-state index in [-0.39, 0.29) is 42.4 Å². The van der Waals surface area contributed by atoms with Gasteiger partial charge < -0.3 is 4.74 Å². The zero-order valence-corrected chi connectivity index (χ0v) is 15.3. The standard InChI is InChI=1S/C17H17BrClNO4/c18-10-5-6-14(13(19)9-10)24-15(21)7-8-20-16(22)11-3-1-2-4-12(11)17(20)23/h5-6,9,11-12H,1-4,7-8H2/t11-,12-/m1/s1. The quantitative estimate of drug-likeness (QED) is 0.429. The van der Waals surface area contributed by atoms with E-state index < -0.39 is 5.97 Å². The van der Waals surface area contributed by atoms with Gasteiger partial charge in [-0.2, -0.15) is 0 Å². The Kier molecular flexibility index (Phi) is 5.25. The van der Waals surface area contributed by atoms with Crippen molar-refractivity contribution in [3.63, 3.8) is 0 Å². The number of nitrogens with zero attached hydrogens (tertiary/aromatic N) is 1. The van der Waals surface area contributed by atoms with Crippen LogP contribution in [0.1, 0.15) is 32.1 Å². The first kappa shape index (κ1) is 17.4. The monoisotopic (exact) mass is 413 g/mol. The summed E-state index contributed by atoms with van der Waals surface area (Å²) in [6.07, 6.45) is 3.47. The second-order valence-corrected chi connectivity index (χ2v) is 7.45. The summed E-state index contributed by atoms with van der Waals surface area (Å²) >= 11 is 9.28.